The Kier molecular flexibility index (Phi) is 5.63. The van der Waals surface area contributed by atoms with E-state index in [4.69, 9.17) is 14.2 Å². The molecule has 26 heavy (non-hydrogen) atoms. The Morgan fingerprint density at radius 1 is 1.15 bits per heavy atom. The Hall–Kier alpha value is -2.73. The van der Waals surface area contributed by atoms with E-state index in [1.54, 1.807) is 7.11 Å². The number of methoxy groups -OCH3 is 1. The molecule has 0 aliphatic carbocycles. The van der Waals surface area contributed by atoms with E-state index in [1.807, 2.05) is 56.4 Å². The number of quaternary nitrogens is 1. The molecule has 1 unspecified atom stereocenters. The number of ether oxygens (including phenoxy) is 3. The summed E-state index contributed by atoms with van der Waals surface area (Å²) in [6.45, 7) is 3.44. The van der Waals surface area contributed by atoms with E-state index < -0.39 is 0 Å². The monoisotopic (exact) mass is 357 g/mol. The topological polar surface area (TPSA) is 61.2 Å². The molecule has 2 aromatic rings. The molecule has 2 atom stereocenters. The van der Waals surface area contributed by atoms with Crippen LogP contribution in [0.25, 0.3) is 0 Å². The van der Waals surface area contributed by atoms with Crippen LogP contribution in [0.4, 0.5) is 0 Å². The first-order chi connectivity index (χ1) is 12.6. The van der Waals surface area contributed by atoms with E-state index in [9.17, 15) is 4.79 Å². The fourth-order valence-corrected chi connectivity index (χ4v) is 2.84. The quantitative estimate of drug-likeness (QED) is 0.780. The summed E-state index contributed by atoms with van der Waals surface area (Å²) < 4.78 is 15.9. The maximum absolute atomic E-state index is 12.5. The summed E-state index contributed by atoms with van der Waals surface area (Å²) in [7, 11) is 3.65. The molecule has 1 aliphatic heterocycles. The van der Waals surface area contributed by atoms with Crippen molar-refractivity contribution < 1.29 is 23.9 Å². The van der Waals surface area contributed by atoms with Crippen molar-refractivity contribution in [2.45, 2.75) is 26.1 Å². The summed E-state index contributed by atoms with van der Waals surface area (Å²) in [5.41, 5.74) is 2.15. The van der Waals surface area contributed by atoms with Crippen molar-refractivity contribution >= 4 is 5.91 Å². The summed E-state index contributed by atoms with van der Waals surface area (Å²) in [5.74, 6) is 2.38. The molecule has 0 radical (unpaired) electrons. The van der Waals surface area contributed by atoms with Gasteiger partial charge in [-0.1, -0.05) is 12.1 Å². The van der Waals surface area contributed by atoms with Crippen molar-refractivity contribution in [2.24, 2.45) is 0 Å². The van der Waals surface area contributed by atoms with Gasteiger partial charge >= 0.3 is 0 Å². The molecule has 2 aromatic carbocycles. The van der Waals surface area contributed by atoms with Gasteiger partial charge in [-0.3, -0.25) is 4.79 Å². The molecule has 0 fully saturated rings. The Bertz CT molecular complexity index is 761. The zero-order valence-electron chi connectivity index (χ0n) is 15.4. The lowest BCUT2D eigenvalue weighted by Gasteiger charge is -2.21. The average molecular weight is 357 g/mol. The molecule has 1 amide bonds. The number of hydrogen-bond acceptors (Lipinski definition) is 4. The third-order valence-corrected chi connectivity index (χ3v) is 4.68. The lowest BCUT2D eigenvalue weighted by Crippen LogP contribution is -3.12. The third-order valence-electron chi connectivity index (χ3n) is 4.68. The van der Waals surface area contributed by atoms with Crippen LogP contribution in [0.5, 0.6) is 17.2 Å². The highest BCUT2D eigenvalue weighted by Gasteiger charge is 2.22. The SMILES string of the molecule is COc1ccc(CNC(=O)[C@@H](C)[NH+](C)Cc2ccc3c(c2)OCO3)cc1. The first-order valence-electron chi connectivity index (χ1n) is 8.68. The summed E-state index contributed by atoms with van der Waals surface area (Å²) in [6, 6.07) is 13.4. The predicted molar refractivity (Wildman–Crippen MR) is 97.5 cm³/mol. The number of hydrogen-bond donors (Lipinski definition) is 2. The van der Waals surface area contributed by atoms with Gasteiger partial charge in [-0.15, -0.1) is 0 Å². The average Bonchev–Trinajstić information content (AvgIpc) is 3.13. The van der Waals surface area contributed by atoms with E-state index in [-0.39, 0.29) is 18.7 Å². The second-order valence-corrected chi connectivity index (χ2v) is 6.50. The summed E-state index contributed by atoms with van der Waals surface area (Å²) in [4.78, 5) is 13.6. The van der Waals surface area contributed by atoms with Crippen molar-refractivity contribution in [1.82, 2.24) is 5.32 Å². The van der Waals surface area contributed by atoms with E-state index >= 15 is 0 Å². The maximum atomic E-state index is 12.5. The molecule has 1 aliphatic rings. The van der Waals surface area contributed by atoms with Crippen molar-refractivity contribution in [1.29, 1.82) is 0 Å². The van der Waals surface area contributed by atoms with E-state index in [1.165, 1.54) is 0 Å². The van der Waals surface area contributed by atoms with E-state index in [0.29, 0.717) is 6.54 Å². The fourth-order valence-electron chi connectivity index (χ4n) is 2.84. The fraction of sp³-hybridized carbons (Fsp3) is 0.350. The highest BCUT2D eigenvalue weighted by atomic mass is 16.7. The van der Waals surface area contributed by atoms with Crippen molar-refractivity contribution in [2.75, 3.05) is 21.0 Å². The van der Waals surface area contributed by atoms with Gasteiger partial charge in [0.15, 0.2) is 17.5 Å². The van der Waals surface area contributed by atoms with Crippen LogP contribution in [-0.4, -0.2) is 32.9 Å². The van der Waals surface area contributed by atoms with Gasteiger partial charge in [0.25, 0.3) is 5.91 Å². The van der Waals surface area contributed by atoms with Crippen molar-refractivity contribution in [3.8, 4) is 17.2 Å². The minimum Gasteiger partial charge on any atom is -0.497 e. The second-order valence-electron chi connectivity index (χ2n) is 6.50. The molecular formula is C20H25N2O4+. The first kappa shape index (κ1) is 18.1. The smallest absolute Gasteiger partial charge is 0.278 e. The standard InChI is InChI=1S/C20H24N2O4/c1-14(20(23)21-11-15-4-7-17(24-3)8-5-15)22(2)12-16-6-9-18-19(10-16)26-13-25-18/h4-10,14H,11-13H2,1-3H3,(H,21,23)/p+1/t14-/m1/s1. The van der Waals surface area contributed by atoms with Crippen LogP contribution in [0.2, 0.25) is 0 Å². The van der Waals surface area contributed by atoms with Crippen molar-refractivity contribution in [3.05, 3.63) is 53.6 Å². The van der Waals surface area contributed by atoms with Crippen LogP contribution in [-0.2, 0) is 17.9 Å². The van der Waals surface area contributed by atoms with Crippen LogP contribution in [0.15, 0.2) is 42.5 Å². The summed E-state index contributed by atoms with van der Waals surface area (Å²) >= 11 is 0. The van der Waals surface area contributed by atoms with E-state index in [2.05, 4.69) is 5.32 Å². The largest absolute Gasteiger partial charge is 0.497 e. The van der Waals surface area contributed by atoms with Gasteiger partial charge in [0, 0.05) is 12.1 Å². The molecular weight excluding hydrogens is 332 g/mol. The highest BCUT2D eigenvalue weighted by molar-refractivity contribution is 5.79. The van der Waals surface area contributed by atoms with Gasteiger partial charge in [-0.25, -0.2) is 0 Å². The van der Waals surface area contributed by atoms with Gasteiger partial charge in [0.05, 0.1) is 14.2 Å². The molecule has 0 bridgehead atoms. The van der Waals surface area contributed by atoms with Crippen LogP contribution < -0.4 is 24.4 Å². The van der Waals surface area contributed by atoms with E-state index in [0.717, 1.165) is 39.8 Å². The number of rotatable bonds is 7. The van der Waals surface area contributed by atoms with Gasteiger partial charge in [-0.2, -0.15) is 0 Å². The van der Waals surface area contributed by atoms with Crippen LogP contribution in [0.3, 0.4) is 0 Å². The predicted octanol–water partition coefficient (Wildman–Crippen LogP) is 1.14. The minimum absolute atomic E-state index is 0.0269. The molecule has 0 spiro atoms. The zero-order chi connectivity index (χ0) is 18.5. The van der Waals surface area contributed by atoms with Gasteiger partial charge in [0.2, 0.25) is 6.79 Å². The number of likely N-dealkylation sites (N-methyl/N-ethyl adjacent to an activating group) is 1. The van der Waals surface area contributed by atoms with Crippen LogP contribution in [0.1, 0.15) is 18.1 Å². The Morgan fingerprint density at radius 2 is 1.85 bits per heavy atom. The molecule has 2 N–H and O–H groups in total. The Labute approximate surface area is 153 Å². The molecule has 0 saturated carbocycles. The number of fused-ring (bicyclic) bond motifs is 1. The number of carbonyl (C=O) groups excluding carboxylic acids is 1. The number of nitrogens with one attached hydrogen (secondary N) is 2. The molecule has 6 heteroatoms. The first-order valence-corrected chi connectivity index (χ1v) is 8.68. The van der Waals surface area contributed by atoms with Crippen LogP contribution in [0, 0.1) is 0 Å². The summed E-state index contributed by atoms with van der Waals surface area (Å²) in [6.07, 6.45) is 0. The molecule has 3 rings (SSSR count). The van der Waals surface area contributed by atoms with Gasteiger partial charge < -0.3 is 24.4 Å². The Balaban J connectivity index is 1.52. The van der Waals surface area contributed by atoms with Crippen LogP contribution >= 0.6 is 0 Å². The molecule has 0 aromatic heterocycles. The highest BCUT2D eigenvalue weighted by Crippen LogP contribution is 2.32. The molecule has 138 valence electrons. The maximum Gasteiger partial charge on any atom is 0.278 e. The number of benzene rings is 2. The molecule has 1 heterocycles. The normalized spacial score (nSPS) is 14.6. The lowest BCUT2D eigenvalue weighted by molar-refractivity contribution is -0.908. The third kappa shape index (κ3) is 4.26. The zero-order valence-corrected chi connectivity index (χ0v) is 15.4. The summed E-state index contributed by atoms with van der Waals surface area (Å²) in [5, 5.41) is 3.00. The van der Waals surface area contributed by atoms with Crippen molar-refractivity contribution in [3.63, 3.8) is 0 Å². The molecule has 0 saturated heterocycles. The number of amides is 1. The lowest BCUT2D eigenvalue weighted by atomic mass is 10.1. The molecule has 6 nitrogen and oxygen atoms in total. The second kappa shape index (κ2) is 8.10. The van der Waals surface area contributed by atoms with Gasteiger partial charge in [-0.05, 0) is 42.8 Å². The minimum atomic E-state index is -0.168. The Morgan fingerprint density at radius 3 is 2.58 bits per heavy atom. The van der Waals surface area contributed by atoms with Gasteiger partial charge in [0.1, 0.15) is 12.3 Å². The number of carbonyl (C=O) groups is 1.